The van der Waals surface area contributed by atoms with Crippen LogP contribution in [0.1, 0.15) is 20.7 Å². The van der Waals surface area contributed by atoms with Crippen molar-refractivity contribution in [2.24, 2.45) is 0 Å². The Hall–Kier alpha value is 0.240. The molecular weight excluding hydrogens is 500 g/mol. The zero-order valence-electron chi connectivity index (χ0n) is 9.22. The first kappa shape index (κ1) is 14.6. The molecule has 0 radical (unpaired) electrons. The highest BCUT2D eigenvalue weighted by Crippen LogP contribution is 2.45. The summed E-state index contributed by atoms with van der Waals surface area (Å²) in [6, 6.07) is 0. The van der Waals surface area contributed by atoms with E-state index in [0.29, 0.717) is 29.0 Å². The largest absolute Gasteiger partial charge is 0.277 e. The molecule has 1 heterocycles. The molecule has 0 aromatic heterocycles. The lowest BCUT2D eigenvalue weighted by atomic mass is 10.1. The fraction of sp³-hybridized carbons (Fsp3) is 0.200. The van der Waals surface area contributed by atoms with E-state index in [1.165, 1.54) is 5.01 Å². The van der Waals surface area contributed by atoms with Crippen LogP contribution in [0.4, 0.5) is 0 Å². The maximum Gasteiger partial charge on any atom is 0.277 e. The van der Waals surface area contributed by atoms with Gasteiger partial charge >= 0.3 is 0 Å². The number of carbonyl (C=O) groups excluding carboxylic acids is 2. The van der Waals surface area contributed by atoms with Crippen molar-refractivity contribution < 1.29 is 9.59 Å². The van der Waals surface area contributed by atoms with E-state index in [4.69, 9.17) is 0 Å². The van der Waals surface area contributed by atoms with Gasteiger partial charge < -0.3 is 0 Å². The van der Waals surface area contributed by atoms with Crippen molar-refractivity contribution >= 4 is 75.5 Å². The second kappa shape index (κ2) is 4.97. The standard InChI is InChI=1S/C10H6Br4N2O2/c1-15(2)16-9(17)3-4(10(16)18)6(12)8(14)7(13)5(3)11/h1-2H3. The summed E-state index contributed by atoms with van der Waals surface area (Å²) in [6.45, 7) is 0. The summed E-state index contributed by atoms with van der Waals surface area (Å²) in [5, 5.41) is 2.56. The molecule has 18 heavy (non-hydrogen) atoms. The van der Waals surface area contributed by atoms with Gasteiger partial charge in [-0.05, 0) is 63.7 Å². The van der Waals surface area contributed by atoms with Crippen molar-refractivity contribution in [3.05, 3.63) is 29.0 Å². The maximum atomic E-state index is 12.3. The van der Waals surface area contributed by atoms with Crippen molar-refractivity contribution in [2.45, 2.75) is 0 Å². The third kappa shape index (κ3) is 1.93. The maximum absolute atomic E-state index is 12.3. The summed E-state index contributed by atoms with van der Waals surface area (Å²) in [4.78, 5) is 24.5. The first-order valence-corrected chi connectivity index (χ1v) is 7.88. The molecule has 0 saturated heterocycles. The molecule has 0 atom stereocenters. The van der Waals surface area contributed by atoms with Gasteiger partial charge in [0.05, 0.1) is 11.1 Å². The predicted molar refractivity (Wildman–Crippen MR) is 81.4 cm³/mol. The van der Waals surface area contributed by atoms with Gasteiger partial charge in [-0.2, -0.15) is 0 Å². The number of rotatable bonds is 1. The van der Waals surface area contributed by atoms with Gasteiger partial charge in [-0.15, -0.1) is 0 Å². The molecule has 1 aliphatic heterocycles. The smallest absolute Gasteiger partial charge is 0.267 e. The molecule has 0 unspecified atom stereocenters. The van der Waals surface area contributed by atoms with E-state index in [1.54, 1.807) is 14.1 Å². The molecule has 0 N–H and O–H groups in total. The summed E-state index contributed by atoms with van der Waals surface area (Å²) >= 11 is 13.4. The van der Waals surface area contributed by atoms with Crippen LogP contribution in [0, 0.1) is 0 Å². The number of halogens is 4. The predicted octanol–water partition coefficient (Wildman–Crippen LogP) is 3.81. The molecule has 4 nitrogen and oxygen atoms in total. The lowest BCUT2D eigenvalue weighted by Gasteiger charge is -2.20. The number of imide groups is 1. The molecule has 0 bridgehead atoms. The molecule has 1 aromatic rings. The normalized spacial score (nSPS) is 14.7. The van der Waals surface area contributed by atoms with Gasteiger partial charge in [-0.1, -0.05) is 0 Å². The molecule has 2 amide bonds. The van der Waals surface area contributed by atoms with E-state index >= 15 is 0 Å². The Bertz CT molecular complexity index is 539. The minimum atomic E-state index is -0.347. The average Bonchev–Trinajstić information content (AvgIpc) is 2.55. The topological polar surface area (TPSA) is 40.6 Å². The van der Waals surface area contributed by atoms with E-state index in [1.807, 2.05) is 0 Å². The summed E-state index contributed by atoms with van der Waals surface area (Å²) in [5.41, 5.74) is 0.714. The molecule has 0 fully saturated rings. The average molecular weight is 506 g/mol. The molecule has 1 aromatic carbocycles. The van der Waals surface area contributed by atoms with E-state index in [0.717, 1.165) is 5.01 Å². The quantitative estimate of drug-likeness (QED) is 0.331. The van der Waals surface area contributed by atoms with Crippen LogP contribution in [0.25, 0.3) is 0 Å². The molecule has 1 aliphatic rings. The first-order chi connectivity index (χ1) is 8.29. The van der Waals surface area contributed by atoms with Crippen LogP contribution >= 0.6 is 63.7 Å². The van der Waals surface area contributed by atoms with Crippen molar-refractivity contribution in [3.63, 3.8) is 0 Å². The van der Waals surface area contributed by atoms with Gasteiger partial charge in [0.15, 0.2) is 0 Å². The molecule has 8 heteroatoms. The Morgan fingerprint density at radius 2 is 1.11 bits per heavy atom. The van der Waals surface area contributed by atoms with Crippen LogP contribution in [-0.2, 0) is 0 Å². The summed E-state index contributed by atoms with van der Waals surface area (Å²) < 4.78 is 2.51. The van der Waals surface area contributed by atoms with E-state index in [2.05, 4.69) is 63.7 Å². The zero-order valence-corrected chi connectivity index (χ0v) is 15.6. The number of hydrogen-bond acceptors (Lipinski definition) is 3. The minimum Gasteiger partial charge on any atom is -0.267 e. The van der Waals surface area contributed by atoms with Gasteiger partial charge in [0, 0.05) is 32.0 Å². The Balaban J connectivity index is 2.80. The molecule has 96 valence electrons. The Morgan fingerprint density at radius 3 is 1.39 bits per heavy atom. The number of hydrazine groups is 1. The van der Waals surface area contributed by atoms with Gasteiger partial charge in [-0.3, -0.25) is 9.59 Å². The second-order valence-electron chi connectivity index (χ2n) is 3.78. The molecule has 0 aliphatic carbocycles. The van der Waals surface area contributed by atoms with Crippen LogP contribution in [0.3, 0.4) is 0 Å². The highest BCUT2D eigenvalue weighted by molar-refractivity contribution is 9.15. The number of amides is 2. The SMILES string of the molecule is CN(C)N1C(=O)c2c(Br)c(Br)c(Br)c(Br)c2C1=O. The number of hydrogen-bond donors (Lipinski definition) is 0. The van der Waals surface area contributed by atoms with E-state index < -0.39 is 0 Å². The number of benzene rings is 1. The molecule has 2 rings (SSSR count). The molecule has 0 saturated carbocycles. The van der Waals surface area contributed by atoms with Crippen LogP contribution in [0.5, 0.6) is 0 Å². The number of fused-ring (bicyclic) bond motifs is 1. The summed E-state index contributed by atoms with van der Waals surface area (Å²) in [5.74, 6) is -0.693. The minimum absolute atomic E-state index is 0.347. The van der Waals surface area contributed by atoms with Crippen molar-refractivity contribution in [1.82, 2.24) is 10.0 Å². The Morgan fingerprint density at radius 1 is 0.778 bits per heavy atom. The van der Waals surface area contributed by atoms with Gasteiger partial charge in [-0.25, -0.2) is 10.0 Å². The Labute approximate surface area is 137 Å². The Kier molecular flexibility index (Phi) is 4.05. The summed E-state index contributed by atoms with van der Waals surface area (Å²) in [7, 11) is 3.29. The van der Waals surface area contributed by atoms with E-state index in [-0.39, 0.29) is 11.8 Å². The van der Waals surface area contributed by atoms with Crippen LogP contribution in [0.2, 0.25) is 0 Å². The molecular formula is C10H6Br4N2O2. The third-order valence-electron chi connectivity index (χ3n) is 2.48. The van der Waals surface area contributed by atoms with Gasteiger partial charge in [0.25, 0.3) is 11.8 Å². The van der Waals surface area contributed by atoms with Gasteiger partial charge in [0.1, 0.15) is 0 Å². The van der Waals surface area contributed by atoms with Crippen molar-refractivity contribution in [1.29, 1.82) is 0 Å². The van der Waals surface area contributed by atoms with Crippen molar-refractivity contribution in [2.75, 3.05) is 14.1 Å². The second-order valence-corrected chi connectivity index (χ2v) is 6.95. The zero-order chi connectivity index (χ0) is 13.8. The van der Waals surface area contributed by atoms with Crippen molar-refractivity contribution in [3.8, 4) is 0 Å². The third-order valence-corrected chi connectivity index (χ3v) is 7.25. The number of carbonyl (C=O) groups is 2. The van der Waals surface area contributed by atoms with Crippen LogP contribution in [-0.4, -0.2) is 35.9 Å². The fourth-order valence-corrected chi connectivity index (χ4v) is 4.16. The monoisotopic (exact) mass is 502 g/mol. The highest BCUT2D eigenvalue weighted by atomic mass is 79.9. The van der Waals surface area contributed by atoms with E-state index in [9.17, 15) is 9.59 Å². The highest BCUT2D eigenvalue weighted by Gasteiger charge is 2.42. The van der Waals surface area contributed by atoms with Crippen LogP contribution in [0.15, 0.2) is 17.9 Å². The number of nitrogens with zero attached hydrogens (tertiary/aromatic N) is 2. The lowest BCUT2D eigenvalue weighted by molar-refractivity contribution is 0.0233. The first-order valence-electron chi connectivity index (χ1n) is 4.71. The lowest BCUT2D eigenvalue weighted by Crippen LogP contribution is -2.41. The fourth-order valence-electron chi connectivity index (χ4n) is 1.70. The van der Waals surface area contributed by atoms with Gasteiger partial charge in [0.2, 0.25) is 0 Å². The van der Waals surface area contributed by atoms with Crippen LogP contribution < -0.4 is 0 Å². The summed E-state index contributed by atoms with van der Waals surface area (Å²) in [6.07, 6.45) is 0. The molecule has 0 spiro atoms.